The van der Waals surface area contributed by atoms with Crippen molar-refractivity contribution in [2.45, 2.75) is 137 Å². The van der Waals surface area contributed by atoms with Gasteiger partial charge in [0.15, 0.2) is 0 Å². The van der Waals surface area contributed by atoms with Crippen molar-refractivity contribution in [3.05, 3.63) is 24.3 Å². The highest BCUT2D eigenvalue weighted by Crippen LogP contribution is 2.30. The Balaban J connectivity index is 4.06. The Labute approximate surface area is 195 Å². The number of hydrogen-bond donors (Lipinski definition) is 1. The average molecular weight is 435 g/mol. The number of rotatable bonds is 22. The maximum Gasteiger partial charge on any atom is 0.306 e. The Morgan fingerprint density at radius 2 is 1.29 bits per heavy atom. The number of carbonyl (C=O) groups is 1. The summed E-state index contributed by atoms with van der Waals surface area (Å²) in [6.07, 6.45) is 29.4. The minimum Gasteiger partial charge on any atom is -0.481 e. The van der Waals surface area contributed by atoms with Gasteiger partial charge in [-0.1, -0.05) is 116 Å². The lowest BCUT2D eigenvalue weighted by atomic mass is 9.79. The molecule has 0 bridgehead atoms. The van der Waals surface area contributed by atoms with Crippen LogP contribution in [0.2, 0.25) is 0 Å². The topological polar surface area (TPSA) is 37.3 Å². The number of aliphatic carboxylic acids is 1. The summed E-state index contributed by atoms with van der Waals surface area (Å²) < 4.78 is 0. The molecule has 3 unspecified atom stereocenters. The first-order valence-corrected chi connectivity index (χ1v) is 13.6. The van der Waals surface area contributed by atoms with Gasteiger partial charge >= 0.3 is 5.97 Å². The van der Waals surface area contributed by atoms with Crippen LogP contribution >= 0.6 is 0 Å². The summed E-state index contributed by atoms with van der Waals surface area (Å²) in [5, 5.41) is 9.82. The molecule has 0 spiro atoms. The molecule has 2 heteroatoms. The van der Waals surface area contributed by atoms with Crippen LogP contribution in [0.5, 0.6) is 0 Å². The van der Waals surface area contributed by atoms with E-state index >= 15 is 0 Å². The molecule has 0 saturated heterocycles. The van der Waals surface area contributed by atoms with E-state index in [9.17, 15) is 9.90 Å². The Hall–Kier alpha value is -1.05. The Bertz CT molecular complexity index is 452. The molecule has 0 fully saturated rings. The van der Waals surface area contributed by atoms with Gasteiger partial charge in [0.2, 0.25) is 0 Å². The number of unbranched alkanes of at least 4 members (excludes halogenated alkanes) is 8. The fourth-order valence-electron chi connectivity index (χ4n) is 4.53. The molecule has 0 aromatic carbocycles. The van der Waals surface area contributed by atoms with Crippen molar-refractivity contribution < 1.29 is 9.90 Å². The normalized spacial score (nSPS) is 15.0. The fraction of sp³-hybridized carbons (Fsp3) is 0.828. The molecule has 0 aromatic rings. The van der Waals surface area contributed by atoms with Crippen LogP contribution in [0.25, 0.3) is 0 Å². The van der Waals surface area contributed by atoms with Crippen LogP contribution in [0, 0.1) is 17.8 Å². The molecule has 0 heterocycles. The molecular weight excluding hydrogens is 380 g/mol. The predicted octanol–water partition coefficient (Wildman–Crippen LogP) is 9.74. The number of carboxylic acids is 1. The van der Waals surface area contributed by atoms with Gasteiger partial charge in [0, 0.05) is 0 Å². The Kier molecular flexibility index (Phi) is 21.4. The maximum absolute atomic E-state index is 11.9. The lowest BCUT2D eigenvalue weighted by Gasteiger charge is -2.25. The van der Waals surface area contributed by atoms with E-state index in [1.54, 1.807) is 0 Å². The lowest BCUT2D eigenvalue weighted by Crippen LogP contribution is -2.25. The molecule has 0 saturated carbocycles. The Morgan fingerprint density at radius 3 is 1.87 bits per heavy atom. The van der Waals surface area contributed by atoms with Crippen molar-refractivity contribution in [3.63, 3.8) is 0 Å². The van der Waals surface area contributed by atoms with E-state index in [2.05, 4.69) is 52.0 Å². The zero-order valence-electron chi connectivity index (χ0n) is 21.4. The number of allylic oxidation sites excluding steroid dienone is 4. The molecule has 0 aliphatic heterocycles. The third-order valence-electron chi connectivity index (χ3n) is 6.61. The second kappa shape index (κ2) is 22.2. The van der Waals surface area contributed by atoms with Crippen molar-refractivity contribution in [2.24, 2.45) is 17.8 Å². The van der Waals surface area contributed by atoms with Gasteiger partial charge in [-0.25, -0.2) is 0 Å². The molecule has 0 amide bonds. The SMILES string of the molecule is CCCCC/C=C\C/C=C\CCCCCC(C)C(CC(CCC)CCCCC)C(=O)O. The quantitative estimate of drug-likeness (QED) is 0.136. The molecule has 182 valence electrons. The van der Waals surface area contributed by atoms with Gasteiger partial charge in [-0.3, -0.25) is 4.79 Å². The van der Waals surface area contributed by atoms with Crippen molar-refractivity contribution in [2.75, 3.05) is 0 Å². The van der Waals surface area contributed by atoms with Crippen molar-refractivity contribution in [1.29, 1.82) is 0 Å². The van der Waals surface area contributed by atoms with E-state index in [0.29, 0.717) is 5.92 Å². The average Bonchev–Trinajstić information content (AvgIpc) is 2.74. The van der Waals surface area contributed by atoms with Crippen molar-refractivity contribution in [1.82, 2.24) is 0 Å². The highest BCUT2D eigenvalue weighted by Gasteiger charge is 2.27. The summed E-state index contributed by atoms with van der Waals surface area (Å²) in [7, 11) is 0. The molecule has 3 atom stereocenters. The number of hydrogen-bond acceptors (Lipinski definition) is 1. The molecule has 1 N–H and O–H groups in total. The fourth-order valence-corrected chi connectivity index (χ4v) is 4.53. The second-order valence-electron chi connectivity index (χ2n) is 9.62. The van der Waals surface area contributed by atoms with E-state index in [-0.39, 0.29) is 11.8 Å². The molecule has 0 aliphatic carbocycles. The van der Waals surface area contributed by atoms with Gasteiger partial charge in [0.1, 0.15) is 0 Å². The number of carboxylic acid groups (broad SMARTS) is 1. The first-order valence-electron chi connectivity index (χ1n) is 13.6. The molecule has 0 aromatic heterocycles. The summed E-state index contributed by atoms with van der Waals surface area (Å²) in [5.74, 6) is 0.138. The standard InChI is InChI=1S/C29H54O2/c1-5-8-10-11-12-13-14-15-16-17-18-19-21-23-26(4)28(29(30)31)25-27(22-7-3)24-20-9-6-2/h12-13,15-16,26-28H,5-11,14,17-25H2,1-4H3,(H,30,31)/b13-12-,16-15-. The van der Waals surface area contributed by atoms with Crippen LogP contribution in [-0.4, -0.2) is 11.1 Å². The van der Waals surface area contributed by atoms with E-state index in [0.717, 1.165) is 32.1 Å². The third kappa shape index (κ3) is 18.2. The molecule has 0 aliphatic rings. The first kappa shape index (κ1) is 29.9. The largest absolute Gasteiger partial charge is 0.481 e. The second-order valence-corrected chi connectivity index (χ2v) is 9.62. The van der Waals surface area contributed by atoms with Crippen LogP contribution in [0.1, 0.15) is 137 Å². The van der Waals surface area contributed by atoms with Crippen molar-refractivity contribution >= 4 is 5.97 Å². The molecule has 31 heavy (non-hydrogen) atoms. The predicted molar refractivity (Wildman–Crippen MR) is 138 cm³/mol. The molecule has 2 nitrogen and oxygen atoms in total. The molecule has 0 radical (unpaired) electrons. The van der Waals surface area contributed by atoms with Crippen LogP contribution in [-0.2, 0) is 4.79 Å². The molecule has 0 rings (SSSR count). The zero-order valence-corrected chi connectivity index (χ0v) is 21.4. The lowest BCUT2D eigenvalue weighted by molar-refractivity contribution is -0.144. The summed E-state index contributed by atoms with van der Waals surface area (Å²) in [6.45, 7) is 8.88. The van der Waals surface area contributed by atoms with E-state index in [4.69, 9.17) is 0 Å². The maximum atomic E-state index is 11.9. The van der Waals surface area contributed by atoms with Gasteiger partial charge in [-0.2, -0.15) is 0 Å². The third-order valence-corrected chi connectivity index (χ3v) is 6.61. The van der Waals surface area contributed by atoms with Gasteiger partial charge in [-0.15, -0.1) is 0 Å². The van der Waals surface area contributed by atoms with E-state index in [1.807, 2.05) is 0 Å². The highest BCUT2D eigenvalue weighted by atomic mass is 16.4. The summed E-state index contributed by atoms with van der Waals surface area (Å²) >= 11 is 0. The summed E-state index contributed by atoms with van der Waals surface area (Å²) in [4.78, 5) is 11.9. The van der Waals surface area contributed by atoms with Crippen LogP contribution in [0.3, 0.4) is 0 Å². The van der Waals surface area contributed by atoms with Gasteiger partial charge < -0.3 is 5.11 Å². The van der Waals surface area contributed by atoms with Crippen LogP contribution in [0.4, 0.5) is 0 Å². The van der Waals surface area contributed by atoms with Gasteiger partial charge in [0.25, 0.3) is 0 Å². The molecular formula is C29H54O2. The van der Waals surface area contributed by atoms with E-state index in [1.165, 1.54) is 77.0 Å². The first-order chi connectivity index (χ1) is 15.1. The van der Waals surface area contributed by atoms with Crippen molar-refractivity contribution in [3.8, 4) is 0 Å². The minimum atomic E-state index is -0.574. The summed E-state index contributed by atoms with van der Waals surface area (Å²) in [6, 6.07) is 0. The minimum absolute atomic E-state index is 0.165. The van der Waals surface area contributed by atoms with Gasteiger partial charge in [0.05, 0.1) is 5.92 Å². The highest BCUT2D eigenvalue weighted by molar-refractivity contribution is 5.70. The van der Waals surface area contributed by atoms with Crippen LogP contribution in [0.15, 0.2) is 24.3 Å². The smallest absolute Gasteiger partial charge is 0.306 e. The van der Waals surface area contributed by atoms with Crippen LogP contribution < -0.4 is 0 Å². The van der Waals surface area contributed by atoms with Gasteiger partial charge in [-0.05, 0) is 56.8 Å². The monoisotopic (exact) mass is 434 g/mol. The Morgan fingerprint density at radius 1 is 0.710 bits per heavy atom. The summed E-state index contributed by atoms with van der Waals surface area (Å²) in [5.41, 5.74) is 0. The zero-order chi connectivity index (χ0) is 23.2. The van der Waals surface area contributed by atoms with E-state index < -0.39 is 5.97 Å².